The first-order valence-corrected chi connectivity index (χ1v) is 11.1. The van der Waals surface area contributed by atoms with E-state index in [9.17, 15) is 27.6 Å². The van der Waals surface area contributed by atoms with Crippen LogP contribution in [0.25, 0.3) is 0 Å². The molecule has 1 aliphatic heterocycles. The van der Waals surface area contributed by atoms with E-state index in [2.05, 4.69) is 0 Å². The molecule has 192 valence electrons. The van der Waals surface area contributed by atoms with E-state index in [1.54, 1.807) is 32.0 Å². The van der Waals surface area contributed by atoms with Crippen LogP contribution in [-0.4, -0.2) is 48.4 Å². The van der Waals surface area contributed by atoms with Crippen molar-refractivity contribution in [2.24, 2.45) is 5.41 Å². The molecule has 0 radical (unpaired) electrons. The minimum atomic E-state index is -5.32. The third kappa shape index (κ3) is 3.92. The quantitative estimate of drug-likeness (QED) is 0.636. The maximum Gasteiger partial charge on any atom is 0.425 e. The van der Waals surface area contributed by atoms with Gasteiger partial charge in [-0.05, 0) is 30.0 Å². The maximum atomic E-state index is 14.9. The fourth-order valence-electron chi connectivity index (χ4n) is 4.88. The van der Waals surface area contributed by atoms with Crippen LogP contribution in [0.5, 0.6) is 11.5 Å². The monoisotopic (exact) mass is 506 g/mol. The van der Waals surface area contributed by atoms with Crippen LogP contribution in [-0.2, 0) is 16.1 Å². The smallest absolute Gasteiger partial charge is 0.425 e. The zero-order chi connectivity index (χ0) is 26.5. The summed E-state index contributed by atoms with van der Waals surface area (Å²) < 4.78 is 60.2. The van der Waals surface area contributed by atoms with Gasteiger partial charge in [0.25, 0.3) is 11.8 Å². The Kier molecular flexibility index (Phi) is 6.14. The zero-order valence-electron chi connectivity index (χ0n) is 20.1. The molecule has 0 bridgehead atoms. The summed E-state index contributed by atoms with van der Waals surface area (Å²) in [6.45, 7) is 3.13. The van der Waals surface area contributed by atoms with Gasteiger partial charge < -0.3 is 24.1 Å². The minimum absolute atomic E-state index is 0.0144. The summed E-state index contributed by atoms with van der Waals surface area (Å²) in [6.07, 6.45) is -4.41. The van der Waals surface area contributed by atoms with Gasteiger partial charge in [0.2, 0.25) is 5.54 Å². The number of furan rings is 1. The van der Waals surface area contributed by atoms with Crippen LogP contribution in [0.3, 0.4) is 0 Å². The third-order valence-corrected chi connectivity index (χ3v) is 6.40. The van der Waals surface area contributed by atoms with Gasteiger partial charge in [-0.1, -0.05) is 26.0 Å². The molecule has 2 amide bonds. The molecule has 0 spiro atoms. The van der Waals surface area contributed by atoms with Crippen LogP contribution in [0.1, 0.15) is 42.8 Å². The fraction of sp³-hybridized carbons (Fsp3) is 0.400. The second kappa shape index (κ2) is 8.72. The van der Waals surface area contributed by atoms with E-state index >= 15 is 0 Å². The number of amides is 2. The van der Waals surface area contributed by atoms with Gasteiger partial charge >= 0.3 is 6.18 Å². The molecule has 2 aliphatic rings. The van der Waals surface area contributed by atoms with Gasteiger partial charge in [0.15, 0.2) is 23.0 Å². The van der Waals surface area contributed by atoms with E-state index < -0.39 is 46.1 Å². The minimum Gasteiger partial charge on any atom is -0.493 e. The number of para-hydroxylation sites is 1. The number of halogens is 3. The van der Waals surface area contributed by atoms with E-state index in [1.165, 1.54) is 26.4 Å². The van der Waals surface area contributed by atoms with Crippen molar-refractivity contribution < 1.29 is 41.4 Å². The van der Waals surface area contributed by atoms with Gasteiger partial charge in [-0.15, -0.1) is 0 Å². The number of Topliss-reactive ketones (excluding diaryl/α,β-unsaturated/α-hetero) is 1. The highest BCUT2D eigenvalue weighted by Gasteiger charge is 2.71. The predicted octanol–water partition coefficient (Wildman–Crippen LogP) is 4.01. The first-order chi connectivity index (χ1) is 16.9. The lowest BCUT2D eigenvalue weighted by Gasteiger charge is -2.35. The lowest BCUT2D eigenvalue weighted by atomic mass is 9.72. The lowest BCUT2D eigenvalue weighted by molar-refractivity contribution is -0.191. The van der Waals surface area contributed by atoms with Gasteiger partial charge in [-0.25, -0.2) is 0 Å². The van der Waals surface area contributed by atoms with Crippen molar-refractivity contribution in [2.75, 3.05) is 14.2 Å². The SMILES string of the molecule is COc1cccc(CN2C(=O)[C@](NC(=O)c3ccco3)(C(F)(F)F)C3=C2CC(C)(C)CC3=O)c1OC. The van der Waals surface area contributed by atoms with Crippen molar-refractivity contribution in [3.05, 3.63) is 59.2 Å². The summed E-state index contributed by atoms with van der Waals surface area (Å²) in [4.78, 5) is 40.7. The number of allylic oxidation sites excluding steroid dienone is 1. The van der Waals surface area contributed by atoms with Gasteiger partial charge in [0, 0.05) is 17.7 Å². The third-order valence-electron chi connectivity index (χ3n) is 6.40. The number of rotatable bonds is 6. The Balaban J connectivity index is 1.90. The molecule has 1 aromatic carbocycles. The number of ether oxygens (including phenoxy) is 2. The average molecular weight is 506 g/mol. The Morgan fingerprint density at radius 2 is 1.83 bits per heavy atom. The Labute approximate surface area is 205 Å². The molecule has 0 unspecified atom stereocenters. The van der Waals surface area contributed by atoms with Crippen LogP contribution in [0.15, 0.2) is 52.3 Å². The van der Waals surface area contributed by atoms with Crippen LogP contribution >= 0.6 is 0 Å². The molecule has 2 heterocycles. The fourth-order valence-corrected chi connectivity index (χ4v) is 4.88. The summed E-state index contributed by atoms with van der Waals surface area (Å²) in [5, 5.41) is 1.82. The molecule has 1 aromatic heterocycles. The normalized spacial score (nSPS) is 21.5. The molecule has 1 aliphatic carbocycles. The number of ketones is 1. The van der Waals surface area contributed by atoms with Crippen LogP contribution in [0.2, 0.25) is 0 Å². The first kappa shape index (κ1) is 25.3. The first-order valence-electron chi connectivity index (χ1n) is 11.1. The number of hydrogen-bond donors (Lipinski definition) is 1. The maximum absolute atomic E-state index is 14.9. The van der Waals surface area contributed by atoms with Crippen LogP contribution in [0, 0.1) is 5.41 Å². The Bertz CT molecular complexity index is 1250. The molecule has 0 saturated heterocycles. The summed E-state index contributed by atoms with van der Waals surface area (Å²) in [7, 11) is 2.78. The molecule has 1 N–H and O–H groups in total. The molecule has 0 saturated carbocycles. The van der Waals surface area contributed by atoms with Gasteiger partial charge in [0.05, 0.1) is 32.6 Å². The van der Waals surface area contributed by atoms with E-state index in [0.717, 1.165) is 11.2 Å². The van der Waals surface area contributed by atoms with E-state index in [4.69, 9.17) is 13.9 Å². The van der Waals surface area contributed by atoms with Crippen molar-refractivity contribution in [3.8, 4) is 11.5 Å². The van der Waals surface area contributed by atoms with Gasteiger partial charge in [-0.3, -0.25) is 14.4 Å². The van der Waals surface area contributed by atoms with Crippen molar-refractivity contribution in [3.63, 3.8) is 0 Å². The predicted molar refractivity (Wildman–Crippen MR) is 120 cm³/mol. The molecule has 4 rings (SSSR count). The number of nitrogens with zero attached hydrogens (tertiary/aromatic N) is 1. The highest BCUT2D eigenvalue weighted by molar-refractivity contribution is 6.14. The van der Waals surface area contributed by atoms with E-state index in [0.29, 0.717) is 11.3 Å². The molecule has 2 aromatic rings. The molecule has 36 heavy (non-hydrogen) atoms. The number of carbonyl (C=O) groups excluding carboxylic acids is 3. The van der Waals surface area contributed by atoms with Gasteiger partial charge in [0.1, 0.15) is 0 Å². The second-order valence-corrected chi connectivity index (χ2v) is 9.49. The lowest BCUT2D eigenvalue weighted by Crippen LogP contribution is -2.66. The molecular weight excluding hydrogens is 481 g/mol. The van der Waals surface area contributed by atoms with Crippen molar-refractivity contribution in [1.29, 1.82) is 0 Å². The topological polar surface area (TPSA) is 98.1 Å². The standard InChI is InChI=1S/C25H25F3N2O6/c1-23(2)11-15-19(16(31)12-23)24(25(26,27)28,29-21(32)18-9-6-10-36-18)22(33)30(15)13-14-7-5-8-17(34-3)20(14)35-4/h5-10H,11-13H2,1-4H3,(H,29,32)/t24-/m0/s1. The number of alkyl halides is 3. The Hall–Kier alpha value is -3.76. The number of hydrogen-bond acceptors (Lipinski definition) is 6. The summed E-state index contributed by atoms with van der Waals surface area (Å²) in [5.41, 5.74) is -4.75. The highest BCUT2D eigenvalue weighted by atomic mass is 19.4. The molecule has 0 fully saturated rings. The number of methoxy groups -OCH3 is 2. The van der Waals surface area contributed by atoms with Crippen molar-refractivity contribution in [1.82, 2.24) is 10.2 Å². The number of nitrogens with one attached hydrogen (secondary N) is 1. The van der Waals surface area contributed by atoms with E-state index in [1.807, 2.05) is 5.32 Å². The average Bonchev–Trinajstić information content (AvgIpc) is 3.40. The molecular formula is C25H25F3N2O6. The van der Waals surface area contributed by atoms with Crippen molar-refractivity contribution in [2.45, 2.75) is 44.9 Å². The van der Waals surface area contributed by atoms with Crippen LogP contribution in [0.4, 0.5) is 13.2 Å². The highest BCUT2D eigenvalue weighted by Crippen LogP contribution is 2.52. The summed E-state index contributed by atoms with van der Waals surface area (Å²) in [6, 6.07) is 7.29. The Morgan fingerprint density at radius 3 is 2.42 bits per heavy atom. The van der Waals surface area contributed by atoms with Crippen LogP contribution < -0.4 is 14.8 Å². The second-order valence-electron chi connectivity index (χ2n) is 9.49. The Morgan fingerprint density at radius 1 is 1.11 bits per heavy atom. The summed E-state index contributed by atoms with van der Waals surface area (Å²) in [5.74, 6) is -3.46. The summed E-state index contributed by atoms with van der Waals surface area (Å²) >= 11 is 0. The molecule has 11 heteroatoms. The van der Waals surface area contributed by atoms with Gasteiger partial charge in [-0.2, -0.15) is 13.2 Å². The zero-order valence-corrected chi connectivity index (χ0v) is 20.1. The molecule has 1 atom stereocenters. The van der Waals surface area contributed by atoms with E-state index in [-0.39, 0.29) is 30.8 Å². The van der Waals surface area contributed by atoms with Crippen molar-refractivity contribution >= 4 is 17.6 Å². The number of carbonyl (C=O) groups is 3. The largest absolute Gasteiger partial charge is 0.493 e. The molecule has 8 nitrogen and oxygen atoms in total. The number of benzene rings is 1.